The zero-order chi connectivity index (χ0) is 23.1. The van der Waals surface area contributed by atoms with E-state index in [1.54, 1.807) is 6.92 Å². The second-order valence-corrected chi connectivity index (χ2v) is 8.11. The maximum absolute atomic E-state index is 13.4. The largest absolute Gasteiger partial charge is 0.418 e. The summed E-state index contributed by atoms with van der Waals surface area (Å²) < 4.78 is 41.3. The summed E-state index contributed by atoms with van der Waals surface area (Å²) in [5, 5.41) is 9.29. The summed E-state index contributed by atoms with van der Waals surface area (Å²) in [7, 11) is 0. The molecule has 1 aromatic heterocycles. The first-order valence-corrected chi connectivity index (χ1v) is 10.3. The number of amides is 4. The zero-order valence-electron chi connectivity index (χ0n) is 17.3. The number of nitrogens with one attached hydrogen (secondary N) is 2. The van der Waals surface area contributed by atoms with Crippen LogP contribution in [0.25, 0.3) is 5.69 Å². The van der Waals surface area contributed by atoms with Crippen LogP contribution in [-0.2, 0) is 15.8 Å². The van der Waals surface area contributed by atoms with Crippen molar-refractivity contribution in [1.29, 1.82) is 0 Å². The van der Waals surface area contributed by atoms with Gasteiger partial charge in [-0.1, -0.05) is 31.4 Å². The average molecular weight is 449 g/mol. The number of imide groups is 1. The minimum atomic E-state index is -4.62. The van der Waals surface area contributed by atoms with Gasteiger partial charge in [0.05, 0.1) is 16.9 Å². The highest BCUT2D eigenvalue weighted by Crippen LogP contribution is 2.35. The van der Waals surface area contributed by atoms with Gasteiger partial charge in [-0.15, -0.1) is 0 Å². The molecule has 1 spiro atoms. The first-order chi connectivity index (χ1) is 15.1. The molecule has 0 radical (unpaired) electrons. The summed E-state index contributed by atoms with van der Waals surface area (Å²) in [6, 6.07) is 5.65. The fraction of sp³-hybridized carbons (Fsp3) is 0.429. The summed E-state index contributed by atoms with van der Waals surface area (Å²) >= 11 is 0. The van der Waals surface area contributed by atoms with E-state index in [-0.39, 0.29) is 11.5 Å². The van der Waals surface area contributed by atoms with Gasteiger partial charge in [-0.05, 0) is 31.9 Å². The molecule has 0 atom stereocenters. The SMILES string of the molecule is Cc1cc(NC(=O)CN2C(=O)NC3(CCCCC3)C2=O)n(-c2ccccc2C(F)(F)F)n1. The predicted octanol–water partition coefficient (Wildman–Crippen LogP) is 3.39. The molecule has 1 saturated heterocycles. The van der Waals surface area contributed by atoms with Crippen molar-refractivity contribution in [3.63, 3.8) is 0 Å². The summed E-state index contributed by atoms with van der Waals surface area (Å²) in [6.45, 7) is 1.03. The van der Waals surface area contributed by atoms with Crippen molar-refractivity contribution < 1.29 is 27.6 Å². The number of benzene rings is 1. The quantitative estimate of drug-likeness (QED) is 0.700. The highest BCUT2D eigenvalue weighted by atomic mass is 19.4. The van der Waals surface area contributed by atoms with Gasteiger partial charge in [-0.3, -0.25) is 14.5 Å². The lowest BCUT2D eigenvalue weighted by atomic mass is 9.82. The molecule has 0 bridgehead atoms. The van der Waals surface area contributed by atoms with Crippen LogP contribution in [-0.4, -0.2) is 44.6 Å². The number of rotatable bonds is 4. The number of aromatic nitrogens is 2. The highest BCUT2D eigenvalue weighted by molar-refractivity contribution is 6.10. The van der Waals surface area contributed by atoms with E-state index < -0.39 is 41.7 Å². The molecule has 1 aliphatic carbocycles. The van der Waals surface area contributed by atoms with Crippen LogP contribution in [0, 0.1) is 6.92 Å². The Hall–Kier alpha value is -3.37. The van der Waals surface area contributed by atoms with Gasteiger partial charge in [0.15, 0.2) is 0 Å². The Labute approximate surface area is 181 Å². The molecule has 2 N–H and O–H groups in total. The van der Waals surface area contributed by atoms with E-state index in [1.807, 2.05) is 0 Å². The third-order valence-electron chi connectivity index (χ3n) is 5.79. The van der Waals surface area contributed by atoms with Gasteiger partial charge in [0.2, 0.25) is 5.91 Å². The molecule has 170 valence electrons. The molecule has 2 aromatic rings. The highest BCUT2D eigenvalue weighted by Gasteiger charge is 2.51. The summed E-state index contributed by atoms with van der Waals surface area (Å²) in [5.74, 6) is -1.15. The van der Waals surface area contributed by atoms with Crippen molar-refractivity contribution in [3.8, 4) is 5.69 Å². The summed E-state index contributed by atoms with van der Waals surface area (Å²) in [6.07, 6.45) is -0.974. The third-order valence-corrected chi connectivity index (χ3v) is 5.79. The lowest BCUT2D eigenvalue weighted by Gasteiger charge is -2.30. The molecule has 1 aromatic carbocycles. The Balaban J connectivity index is 1.55. The Morgan fingerprint density at radius 3 is 2.56 bits per heavy atom. The number of para-hydroxylation sites is 1. The van der Waals surface area contributed by atoms with Gasteiger partial charge in [0, 0.05) is 6.07 Å². The van der Waals surface area contributed by atoms with Crippen LogP contribution in [0.5, 0.6) is 0 Å². The maximum Gasteiger partial charge on any atom is 0.418 e. The van der Waals surface area contributed by atoms with Crippen molar-refractivity contribution in [2.45, 2.75) is 50.7 Å². The lowest BCUT2D eigenvalue weighted by Crippen LogP contribution is -2.48. The van der Waals surface area contributed by atoms with E-state index in [9.17, 15) is 27.6 Å². The third kappa shape index (κ3) is 3.94. The van der Waals surface area contributed by atoms with E-state index in [4.69, 9.17) is 0 Å². The molecule has 1 aliphatic heterocycles. The van der Waals surface area contributed by atoms with Crippen LogP contribution in [0.4, 0.5) is 23.8 Å². The van der Waals surface area contributed by atoms with Gasteiger partial charge < -0.3 is 10.6 Å². The van der Waals surface area contributed by atoms with Crippen LogP contribution in [0.15, 0.2) is 30.3 Å². The van der Waals surface area contributed by atoms with Crippen molar-refractivity contribution in [2.24, 2.45) is 0 Å². The van der Waals surface area contributed by atoms with E-state index in [1.165, 1.54) is 24.3 Å². The number of carbonyl (C=O) groups excluding carboxylic acids is 3. The molecule has 2 aliphatic rings. The Morgan fingerprint density at radius 1 is 1.19 bits per heavy atom. The fourth-order valence-corrected chi connectivity index (χ4v) is 4.31. The van der Waals surface area contributed by atoms with Crippen LogP contribution in [0.2, 0.25) is 0 Å². The second-order valence-electron chi connectivity index (χ2n) is 8.11. The number of halogens is 3. The molecule has 2 heterocycles. The number of urea groups is 1. The number of hydrogen-bond donors (Lipinski definition) is 2. The topological polar surface area (TPSA) is 96.3 Å². The number of carbonyl (C=O) groups is 3. The first kappa shape index (κ1) is 21.8. The molecule has 11 heteroatoms. The number of anilines is 1. The Bertz CT molecular complexity index is 1070. The molecule has 8 nitrogen and oxygen atoms in total. The van der Waals surface area contributed by atoms with Crippen LogP contribution in [0.1, 0.15) is 43.4 Å². The van der Waals surface area contributed by atoms with E-state index in [0.29, 0.717) is 18.5 Å². The van der Waals surface area contributed by atoms with Crippen LogP contribution in [0.3, 0.4) is 0 Å². The molecule has 1 saturated carbocycles. The average Bonchev–Trinajstić information content (AvgIpc) is 3.20. The monoisotopic (exact) mass is 449 g/mol. The van der Waals surface area contributed by atoms with E-state index >= 15 is 0 Å². The van der Waals surface area contributed by atoms with E-state index in [2.05, 4.69) is 15.7 Å². The standard InChI is InChI=1S/C21H22F3N5O3/c1-13-11-16(29(27-13)15-8-4-3-7-14(15)21(22,23)24)25-17(30)12-28-18(31)20(26-19(28)32)9-5-2-6-10-20/h3-4,7-8,11H,2,5-6,9-10,12H2,1H3,(H,25,30)(H,26,32). The lowest BCUT2D eigenvalue weighted by molar-refractivity contribution is -0.137. The number of alkyl halides is 3. The van der Waals surface area contributed by atoms with Gasteiger partial charge in [-0.25, -0.2) is 9.48 Å². The van der Waals surface area contributed by atoms with Gasteiger partial charge >= 0.3 is 12.2 Å². The first-order valence-electron chi connectivity index (χ1n) is 10.3. The molecule has 4 rings (SSSR count). The van der Waals surface area contributed by atoms with Crippen molar-refractivity contribution in [2.75, 3.05) is 11.9 Å². The number of aryl methyl sites for hydroxylation is 1. The summed E-state index contributed by atoms with van der Waals surface area (Å²) in [4.78, 5) is 38.7. The summed E-state index contributed by atoms with van der Waals surface area (Å²) in [5.41, 5.74) is -1.74. The Kier molecular flexibility index (Phi) is 5.43. The molecule has 2 fully saturated rings. The van der Waals surface area contributed by atoms with Crippen LogP contribution < -0.4 is 10.6 Å². The van der Waals surface area contributed by atoms with Crippen molar-refractivity contribution in [3.05, 3.63) is 41.6 Å². The minimum Gasteiger partial charge on any atom is -0.323 e. The van der Waals surface area contributed by atoms with Crippen LogP contribution >= 0.6 is 0 Å². The molecular weight excluding hydrogens is 427 g/mol. The predicted molar refractivity (Wildman–Crippen MR) is 108 cm³/mol. The van der Waals surface area contributed by atoms with Gasteiger partial charge in [-0.2, -0.15) is 18.3 Å². The number of nitrogens with zero attached hydrogens (tertiary/aromatic N) is 3. The van der Waals surface area contributed by atoms with Crippen molar-refractivity contribution in [1.82, 2.24) is 20.0 Å². The normalized spacial score (nSPS) is 18.2. The molecule has 4 amide bonds. The van der Waals surface area contributed by atoms with E-state index in [0.717, 1.165) is 34.9 Å². The second kappa shape index (κ2) is 7.95. The minimum absolute atomic E-state index is 0.00336. The number of hydrogen-bond acceptors (Lipinski definition) is 4. The fourth-order valence-electron chi connectivity index (χ4n) is 4.31. The Morgan fingerprint density at radius 2 is 1.88 bits per heavy atom. The van der Waals surface area contributed by atoms with Crippen molar-refractivity contribution >= 4 is 23.7 Å². The molecule has 32 heavy (non-hydrogen) atoms. The van der Waals surface area contributed by atoms with Gasteiger partial charge in [0.1, 0.15) is 17.9 Å². The molecular formula is C21H22F3N5O3. The zero-order valence-corrected chi connectivity index (χ0v) is 17.3. The maximum atomic E-state index is 13.4. The molecule has 0 unspecified atom stereocenters. The van der Waals surface area contributed by atoms with Gasteiger partial charge in [0.25, 0.3) is 5.91 Å². The smallest absolute Gasteiger partial charge is 0.323 e.